The summed E-state index contributed by atoms with van der Waals surface area (Å²) in [5, 5.41) is 8.05. The zero-order chi connectivity index (χ0) is 35.7. The molecular formula is C31H51N3O14. The van der Waals surface area contributed by atoms with Gasteiger partial charge < -0.3 is 53.8 Å². The first-order chi connectivity index (χ1) is 22.9. The third-order valence-corrected chi connectivity index (χ3v) is 6.43. The summed E-state index contributed by atoms with van der Waals surface area (Å²) in [4.78, 5) is 71.4. The molecule has 0 saturated carbocycles. The summed E-state index contributed by atoms with van der Waals surface area (Å²) in [6.45, 7) is 9.14. The molecule has 1 aliphatic rings. The fourth-order valence-electron chi connectivity index (χ4n) is 4.50. The van der Waals surface area contributed by atoms with Gasteiger partial charge in [-0.2, -0.15) is 0 Å². The number of esters is 3. The average molecular weight is 690 g/mol. The van der Waals surface area contributed by atoms with Gasteiger partial charge >= 0.3 is 17.9 Å². The summed E-state index contributed by atoms with van der Waals surface area (Å²) in [6.07, 6.45) is -0.519. The van der Waals surface area contributed by atoms with Crippen molar-refractivity contribution in [3.8, 4) is 0 Å². The molecular weight excluding hydrogens is 638 g/mol. The van der Waals surface area contributed by atoms with E-state index in [0.29, 0.717) is 39.6 Å². The van der Waals surface area contributed by atoms with Crippen LogP contribution in [0.25, 0.3) is 0 Å². The largest absolute Gasteiger partial charge is 0.499 e. The number of ether oxygens (including phenoxy) is 8. The van der Waals surface area contributed by atoms with E-state index < -0.39 is 54.3 Å². The van der Waals surface area contributed by atoms with E-state index in [-0.39, 0.29) is 57.4 Å². The highest BCUT2D eigenvalue weighted by Crippen LogP contribution is 2.28. The SMILES string of the molecule is CC=COCCOCCOCCNC(=O)CCC(=O)NCCOCC[C@H]1O[C@H](COC(C)=O)[C@H](OC(C)=O)[C@H](OC(C)=O)[C@H]1NC(C)=O. The fraction of sp³-hybridized carbons (Fsp3) is 0.742. The van der Waals surface area contributed by atoms with E-state index in [9.17, 15) is 28.8 Å². The van der Waals surface area contributed by atoms with Crippen LogP contribution in [-0.4, -0.2) is 132 Å². The Kier molecular flexibility index (Phi) is 22.2. The monoisotopic (exact) mass is 689 g/mol. The lowest BCUT2D eigenvalue weighted by Gasteiger charge is -2.45. The first-order valence-electron chi connectivity index (χ1n) is 15.8. The van der Waals surface area contributed by atoms with Gasteiger partial charge in [0.25, 0.3) is 0 Å². The zero-order valence-electron chi connectivity index (χ0n) is 28.4. The van der Waals surface area contributed by atoms with Gasteiger partial charge in [0.2, 0.25) is 17.7 Å². The maximum absolute atomic E-state index is 12.1. The van der Waals surface area contributed by atoms with Gasteiger partial charge in [-0.1, -0.05) is 6.08 Å². The quantitative estimate of drug-likeness (QED) is 0.0514. The number of hydrogen-bond acceptors (Lipinski definition) is 14. The Hall–Kier alpha value is -3.80. The molecule has 0 bridgehead atoms. The first kappa shape index (κ1) is 42.2. The summed E-state index contributed by atoms with van der Waals surface area (Å²) >= 11 is 0. The van der Waals surface area contributed by atoms with Crippen LogP contribution in [-0.2, 0) is 66.7 Å². The van der Waals surface area contributed by atoms with Crippen LogP contribution in [0.5, 0.6) is 0 Å². The standard InChI is InChI=1S/C31H51N3O14/c1-6-12-41-16-18-44-19-17-43-15-11-33-28(40)8-7-27(39)32-10-14-42-13-9-25-29(34-21(2)35)31(47-24(5)38)30(46-23(4)37)26(48-25)20-45-22(3)36/h6,12,25-26,29-31H,7-11,13-20H2,1-5H3,(H,32,39)(H,33,40)(H,34,35)/t25-,26-,29+,30+,31-/m1/s1. The second-order valence-corrected chi connectivity index (χ2v) is 10.6. The number of nitrogens with one attached hydrogen (secondary N) is 3. The molecule has 3 amide bonds. The van der Waals surface area contributed by atoms with E-state index in [1.165, 1.54) is 20.8 Å². The molecule has 1 saturated heterocycles. The third-order valence-electron chi connectivity index (χ3n) is 6.43. The molecule has 0 spiro atoms. The lowest BCUT2D eigenvalue weighted by Crippen LogP contribution is -2.66. The summed E-state index contributed by atoms with van der Waals surface area (Å²) in [5.41, 5.74) is 0. The zero-order valence-corrected chi connectivity index (χ0v) is 28.4. The molecule has 1 aliphatic heterocycles. The van der Waals surface area contributed by atoms with Crippen LogP contribution >= 0.6 is 0 Å². The maximum Gasteiger partial charge on any atom is 0.303 e. The first-order valence-corrected chi connectivity index (χ1v) is 15.8. The predicted molar refractivity (Wildman–Crippen MR) is 167 cm³/mol. The normalized spacial score (nSPS) is 20.4. The Labute approximate surface area is 281 Å². The van der Waals surface area contributed by atoms with Crippen molar-refractivity contribution >= 4 is 35.6 Å². The molecule has 1 rings (SSSR count). The second-order valence-electron chi connectivity index (χ2n) is 10.6. The van der Waals surface area contributed by atoms with Crippen molar-refractivity contribution in [2.75, 3.05) is 65.9 Å². The Bertz CT molecular complexity index is 1040. The molecule has 0 aliphatic carbocycles. The molecule has 0 radical (unpaired) electrons. The van der Waals surface area contributed by atoms with Crippen molar-refractivity contribution < 1.29 is 66.7 Å². The molecule has 17 heteroatoms. The Balaban J connectivity index is 2.42. The molecule has 1 heterocycles. The molecule has 48 heavy (non-hydrogen) atoms. The summed E-state index contributed by atoms with van der Waals surface area (Å²) in [6, 6.07) is -0.918. The molecule has 1 fully saturated rings. The number of allylic oxidation sites excluding steroid dienone is 1. The van der Waals surface area contributed by atoms with Crippen LogP contribution in [0.15, 0.2) is 12.3 Å². The van der Waals surface area contributed by atoms with Crippen LogP contribution in [0, 0.1) is 0 Å². The van der Waals surface area contributed by atoms with Gasteiger partial charge in [-0.25, -0.2) is 0 Å². The Morgan fingerprint density at radius 3 is 1.75 bits per heavy atom. The average Bonchev–Trinajstić information content (AvgIpc) is 3.01. The van der Waals surface area contributed by atoms with Crippen molar-refractivity contribution in [3.05, 3.63) is 12.3 Å². The summed E-state index contributed by atoms with van der Waals surface area (Å²) in [7, 11) is 0. The van der Waals surface area contributed by atoms with Gasteiger partial charge in [-0.3, -0.25) is 28.8 Å². The van der Waals surface area contributed by atoms with Crippen LogP contribution in [0.3, 0.4) is 0 Å². The number of carbonyl (C=O) groups is 6. The topological polar surface area (TPSA) is 212 Å². The van der Waals surface area contributed by atoms with Crippen LogP contribution in [0.1, 0.15) is 53.9 Å². The van der Waals surface area contributed by atoms with Crippen LogP contribution in [0.2, 0.25) is 0 Å². The van der Waals surface area contributed by atoms with Gasteiger partial charge in [0.1, 0.15) is 19.3 Å². The molecule has 0 aromatic heterocycles. The molecule has 0 aromatic carbocycles. The minimum atomic E-state index is -1.17. The van der Waals surface area contributed by atoms with Gasteiger partial charge in [-0.05, 0) is 13.3 Å². The molecule has 0 unspecified atom stereocenters. The molecule has 3 N–H and O–H groups in total. The smallest absolute Gasteiger partial charge is 0.303 e. The molecule has 17 nitrogen and oxygen atoms in total. The third kappa shape index (κ3) is 19.8. The molecule has 274 valence electrons. The predicted octanol–water partition coefficient (Wildman–Crippen LogP) is -0.312. The van der Waals surface area contributed by atoms with Crippen molar-refractivity contribution in [2.24, 2.45) is 0 Å². The Morgan fingerprint density at radius 1 is 0.667 bits per heavy atom. The lowest BCUT2D eigenvalue weighted by molar-refractivity contribution is -0.225. The molecule has 5 atom stereocenters. The second kappa shape index (κ2) is 25.2. The van der Waals surface area contributed by atoms with E-state index in [0.717, 1.165) is 6.92 Å². The van der Waals surface area contributed by atoms with Crippen molar-refractivity contribution in [2.45, 2.75) is 84.3 Å². The van der Waals surface area contributed by atoms with Gasteiger partial charge in [0, 0.05) is 60.2 Å². The number of hydrogen-bond donors (Lipinski definition) is 3. The van der Waals surface area contributed by atoms with E-state index in [1.54, 1.807) is 12.3 Å². The van der Waals surface area contributed by atoms with E-state index in [4.69, 9.17) is 37.9 Å². The number of rotatable bonds is 24. The highest BCUT2D eigenvalue weighted by atomic mass is 16.6. The minimum Gasteiger partial charge on any atom is -0.499 e. The lowest BCUT2D eigenvalue weighted by atomic mass is 9.90. The van der Waals surface area contributed by atoms with Gasteiger partial charge in [0.05, 0.1) is 51.4 Å². The fourth-order valence-corrected chi connectivity index (χ4v) is 4.50. The number of amides is 3. The van der Waals surface area contributed by atoms with Crippen LogP contribution < -0.4 is 16.0 Å². The van der Waals surface area contributed by atoms with Crippen molar-refractivity contribution in [1.82, 2.24) is 16.0 Å². The maximum atomic E-state index is 12.1. The highest BCUT2D eigenvalue weighted by Gasteiger charge is 2.50. The summed E-state index contributed by atoms with van der Waals surface area (Å²) in [5.74, 6) is -3.02. The number of carbonyl (C=O) groups excluding carboxylic acids is 6. The molecule has 0 aromatic rings. The van der Waals surface area contributed by atoms with Gasteiger partial charge in [0.15, 0.2) is 12.2 Å². The highest BCUT2D eigenvalue weighted by molar-refractivity contribution is 5.83. The van der Waals surface area contributed by atoms with Crippen molar-refractivity contribution in [1.29, 1.82) is 0 Å². The van der Waals surface area contributed by atoms with E-state index in [2.05, 4.69) is 16.0 Å². The van der Waals surface area contributed by atoms with Gasteiger partial charge in [-0.15, -0.1) is 0 Å². The Morgan fingerprint density at radius 2 is 1.21 bits per heavy atom. The van der Waals surface area contributed by atoms with E-state index >= 15 is 0 Å². The van der Waals surface area contributed by atoms with Crippen molar-refractivity contribution in [3.63, 3.8) is 0 Å². The minimum absolute atomic E-state index is 0.00507. The van der Waals surface area contributed by atoms with E-state index in [1.807, 2.05) is 6.92 Å². The summed E-state index contributed by atoms with van der Waals surface area (Å²) < 4.78 is 43.5. The van der Waals surface area contributed by atoms with Crippen LogP contribution in [0.4, 0.5) is 0 Å².